The monoisotopic (exact) mass is 296 g/mol. The molecule has 1 saturated heterocycles. The van der Waals surface area contributed by atoms with Crippen LogP contribution in [0.4, 0.5) is 0 Å². The Morgan fingerprint density at radius 2 is 1.86 bits per heavy atom. The third kappa shape index (κ3) is 4.69. The second-order valence-corrected chi connectivity index (χ2v) is 5.91. The molecule has 1 aliphatic heterocycles. The summed E-state index contributed by atoms with van der Waals surface area (Å²) in [5, 5.41) is 0. The standard InChI is InChI=1S/C12H16N2O.C7H8/c1-9-3-4-10(8-13-9)7-11-5-6-14(2)12(11)15;1-7-5-3-2-4-6-7/h3-4,8,11H,5-7H2,1-2H3;2-6H,1H3. The van der Waals surface area contributed by atoms with E-state index in [4.69, 9.17) is 0 Å². The molecule has 3 nitrogen and oxygen atoms in total. The van der Waals surface area contributed by atoms with Crippen LogP contribution in [0.2, 0.25) is 0 Å². The molecule has 2 aromatic rings. The number of hydrogen-bond donors (Lipinski definition) is 0. The van der Waals surface area contributed by atoms with E-state index in [1.54, 1.807) is 0 Å². The summed E-state index contributed by atoms with van der Waals surface area (Å²) >= 11 is 0. The van der Waals surface area contributed by atoms with Crippen molar-refractivity contribution in [1.82, 2.24) is 9.88 Å². The van der Waals surface area contributed by atoms with Gasteiger partial charge in [0.1, 0.15) is 0 Å². The summed E-state index contributed by atoms with van der Waals surface area (Å²) in [5.74, 6) is 0.440. The van der Waals surface area contributed by atoms with Gasteiger partial charge in [0.05, 0.1) is 0 Å². The van der Waals surface area contributed by atoms with E-state index in [1.807, 2.05) is 49.3 Å². The maximum Gasteiger partial charge on any atom is 0.225 e. The van der Waals surface area contributed by atoms with Crippen molar-refractivity contribution < 1.29 is 4.79 Å². The van der Waals surface area contributed by atoms with E-state index in [0.717, 1.165) is 30.6 Å². The molecule has 1 unspecified atom stereocenters. The molecule has 2 heterocycles. The van der Waals surface area contributed by atoms with Crippen LogP contribution in [0.15, 0.2) is 48.7 Å². The molecule has 0 N–H and O–H groups in total. The molecule has 0 saturated carbocycles. The van der Waals surface area contributed by atoms with Gasteiger partial charge in [0.25, 0.3) is 0 Å². The van der Waals surface area contributed by atoms with Crippen molar-refractivity contribution in [3.8, 4) is 0 Å². The van der Waals surface area contributed by atoms with Gasteiger partial charge in [-0.05, 0) is 38.3 Å². The number of pyridine rings is 1. The Bertz CT molecular complexity index is 593. The fourth-order valence-corrected chi connectivity index (χ4v) is 2.52. The van der Waals surface area contributed by atoms with Gasteiger partial charge in [-0.25, -0.2) is 0 Å². The summed E-state index contributed by atoms with van der Waals surface area (Å²) in [4.78, 5) is 17.7. The van der Waals surface area contributed by atoms with Crippen molar-refractivity contribution in [3.63, 3.8) is 0 Å². The third-order valence-electron chi connectivity index (χ3n) is 3.93. The van der Waals surface area contributed by atoms with Gasteiger partial charge in [-0.3, -0.25) is 9.78 Å². The first kappa shape index (κ1) is 16.2. The molecule has 0 spiro atoms. The molecular formula is C19H24N2O. The lowest BCUT2D eigenvalue weighted by Gasteiger charge is -2.09. The van der Waals surface area contributed by atoms with Crippen molar-refractivity contribution in [2.45, 2.75) is 26.7 Å². The molecule has 0 radical (unpaired) electrons. The largest absolute Gasteiger partial charge is 0.345 e. The zero-order valence-corrected chi connectivity index (χ0v) is 13.6. The molecular weight excluding hydrogens is 272 g/mol. The maximum absolute atomic E-state index is 11.7. The lowest BCUT2D eigenvalue weighted by Crippen LogP contribution is -2.23. The molecule has 1 aliphatic rings. The van der Waals surface area contributed by atoms with Crippen molar-refractivity contribution in [3.05, 3.63) is 65.5 Å². The molecule has 3 rings (SSSR count). The van der Waals surface area contributed by atoms with Gasteiger partial charge >= 0.3 is 0 Å². The summed E-state index contributed by atoms with van der Waals surface area (Å²) in [5.41, 5.74) is 3.50. The topological polar surface area (TPSA) is 33.2 Å². The van der Waals surface area contributed by atoms with Crippen molar-refractivity contribution in [2.24, 2.45) is 5.92 Å². The van der Waals surface area contributed by atoms with Crippen LogP contribution in [0.3, 0.4) is 0 Å². The predicted molar refractivity (Wildman–Crippen MR) is 89.6 cm³/mol. The summed E-state index contributed by atoms with van der Waals surface area (Å²) in [7, 11) is 1.87. The van der Waals surface area contributed by atoms with Gasteiger partial charge in [0, 0.05) is 31.4 Å². The lowest BCUT2D eigenvalue weighted by molar-refractivity contribution is -0.129. The van der Waals surface area contributed by atoms with E-state index in [-0.39, 0.29) is 11.8 Å². The molecule has 1 aromatic carbocycles. The minimum absolute atomic E-state index is 0.166. The van der Waals surface area contributed by atoms with Crippen LogP contribution >= 0.6 is 0 Å². The summed E-state index contributed by atoms with van der Waals surface area (Å²) in [6.07, 6.45) is 3.68. The summed E-state index contributed by atoms with van der Waals surface area (Å²) in [6, 6.07) is 14.3. The molecule has 0 aliphatic carbocycles. The zero-order chi connectivity index (χ0) is 15.9. The summed E-state index contributed by atoms with van der Waals surface area (Å²) < 4.78 is 0. The SMILES string of the molecule is Cc1ccc(CC2CCN(C)C2=O)cn1.Cc1ccccc1. The van der Waals surface area contributed by atoms with Crippen LogP contribution in [0, 0.1) is 19.8 Å². The quantitative estimate of drug-likeness (QED) is 0.851. The van der Waals surface area contributed by atoms with Crippen molar-refractivity contribution in [2.75, 3.05) is 13.6 Å². The number of hydrogen-bond acceptors (Lipinski definition) is 2. The predicted octanol–water partition coefficient (Wildman–Crippen LogP) is 3.41. The Morgan fingerprint density at radius 1 is 1.14 bits per heavy atom. The van der Waals surface area contributed by atoms with Gasteiger partial charge in [-0.15, -0.1) is 0 Å². The fraction of sp³-hybridized carbons (Fsp3) is 0.368. The number of nitrogens with zero attached hydrogens (tertiary/aromatic N) is 2. The van der Waals surface area contributed by atoms with Gasteiger partial charge in [-0.2, -0.15) is 0 Å². The van der Waals surface area contributed by atoms with Gasteiger partial charge in [0.2, 0.25) is 5.91 Å². The van der Waals surface area contributed by atoms with Crippen LogP contribution in [0.1, 0.15) is 23.2 Å². The van der Waals surface area contributed by atoms with Crippen LogP contribution in [-0.2, 0) is 11.2 Å². The number of likely N-dealkylation sites (tertiary alicyclic amines) is 1. The fourth-order valence-electron chi connectivity index (χ4n) is 2.52. The van der Waals surface area contributed by atoms with Gasteiger partial charge in [-0.1, -0.05) is 42.0 Å². The molecule has 3 heteroatoms. The van der Waals surface area contributed by atoms with E-state index < -0.39 is 0 Å². The summed E-state index contributed by atoms with van der Waals surface area (Å²) in [6.45, 7) is 4.95. The number of amides is 1. The van der Waals surface area contributed by atoms with Gasteiger partial charge in [0.15, 0.2) is 0 Å². The highest BCUT2D eigenvalue weighted by Gasteiger charge is 2.28. The Hall–Kier alpha value is -2.16. The molecule has 116 valence electrons. The van der Waals surface area contributed by atoms with E-state index in [2.05, 4.69) is 30.1 Å². The Kier molecular flexibility index (Phi) is 5.70. The smallest absolute Gasteiger partial charge is 0.225 e. The van der Waals surface area contributed by atoms with Crippen molar-refractivity contribution >= 4 is 5.91 Å². The van der Waals surface area contributed by atoms with E-state index in [0.29, 0.717) is 0 Å². The Morgan fingerprint density at radius 3 is 2.32 bits per heavy atom. The maximum atomic E-state index is 11.7. The molecule has 1 aromatic heterocycles. The van der Waals surface area contributed by atoms with E-state index >= 15 is 0 Å². The minimum Gasteiger partial charge on any atom is -0.345 e. The first-order valence-corrected chi connectivity index (χ1v) is 7.74. The first-order valence-electron chi connectivity index (χ1n) is 7.74. The second-order valence-electron chi connectivity index (χ2n) is 5.91. The van der Waals surface area contributed by atoms with E-state index in [1.165, 1.54) is 5.56 Å². The average molecular weight is 296 g/mol. The molecule has 1 amide bonds. The Labute approximate surface area is 133 Å². The highest BCUT2D eigenvalue weighted by molar-refractivity contribution is 5.80. The highest BCUT2D eigenvalue weighted by Crippen LogP contribution is 2.20. The number of aromatic nitrogens is 1. The highest BCUT2D eigenvalue weighted by atomic mass is 16.2. The molecule has 0 bridgehead atoms. The zero-order valence-electron chi connectivity index (χ0n) is 13.6. The molecule has 1 atom stereocenters. The number of benzene rings is 1. The van der Waals surface area contributed by atoms with Crippen LogP contribution in [0.25, 0.3) is 0 Å². The first-order chi connectivity index (χ1) is 10.6. The lowest BCUT2D eigenvalue weighted by atomic mass is 9.99. The second kappa shape index (κ2) is 7.74. The van der Waals surface area contributed by atoms with E-state index in [9.17, 15) is 4.79 Å². The van der Waals surface area contributed by atoms with Crippen LogP contribution in [0.5, 0.6) is 0 Å². The number of carbonyl (C=O) groups is 1. The normalized spacial score (nSPS) is 17.1. The Balaban J connectivity index is 0.000000211. The number of carbonyl (C=O) groups excluding carboxylic acids is 1. The average Bonchev–Trinajstić information content (AvgIpc) is 2.83. The van der Waals surface area contributed by atoms with Crippen LogP contribution in [-0.4, -0.2) is 29.4 Å². The number of aryl methyl sites for hydroxylation is 2. The number of rotatable bonds is 2. The van der Waals surface area contributed by atoms with Crippen molar-refractivity contribution in [1.29, 1.82) is 0 Å². The van der Waals surface area contributed by atoms with Crippen LogP contribution < -0.4 is 0 Å². The molecule has 22 heavy (non-hydrogen) atoms. The van der Waals surface area contributed by atoms with Gasteiger partial charge < -0.3 is 4.90 Å². The molecule has 1 fully saturated rings. The third-order valence-corrected chi connectivity index (χ3v) is 3.93. The minimum atomic E-state index is 0.166.